The van der Waals surface area contributed by atoms with Gasteiger partial charge < -0.3 is 15.3 Å². The quantitative estimate of drug-likeness (QED) is 0.884. The van der Waals surface area contributed by atoms with Crippen molar-refractivity contribution in [2.45, 2.75) is 32.1 Å². The van der Waals surface area contributed by atoms with Crippen LogP contribution in [-0.4, -0.2) is 48.1 Å². The molecule has 1 aliphatic rings. The summed E-state index contributed by atoms with van der Waals surface area (Å²) in [6.07, 6.45) is 3.23. The van der Waals surface area contributed by atoms with Gasteiger partial charge in [-0.15, -0.1) is 0 Å². The standard InChI is InChI=1S/C18H26N2O3/c21-14-16-7-4-11-20(12-9-17(22)19-10-8-16)18(23)13-15-5-2-1-3-6-15/h1-3,5-6,16,21H,4,7-14H2,(H,19,22). The van der Waals surface area contributed by atoms with Gasteiger partial charge in [0.1, 0.15) is 0 Å². The molecule has 1 saturated heterocycles. The molecular formula is C18H26N2O3. The van der Waals surface area contributed by atoms with Crippen LogP contribution in [0.25, 0.3) is 0 Å². The largest absolute Gasteiger partial charge is 0.396 e. The van der Waals surface area contributed by atoms with Crippen molar-refractivity contribution in [3.05, 3.63) is 35.9 Å². The Bertz CT molecular complexity index is 504. The molecule has 2 N–H and O–H groups in total. The molecule has 1 aromatic carbocycles. The molecule has 1 heterocycles. The maximum atomic E-state index is 12.5. The van der Waals surface area contributed by atoms with Crippen LogP contribution in [0.4, 0.5) is 0 Å². The normalized spacial score (nSPS) is 20.5. The Morgan fingerprint density at radius 3 is 2.74 bits per heavy atom. The second-order valence-electron chi connectivity index (χ2n) is 6.12. The summed E-state index contributed by atoms with van der Waals surface area (Å²) in [7, 11) is 0. The number of amides is 2. The maximum absolute atomic E-state index is 12.5. The number of carbonyl (C=O) groups is 2. The zero-order chi connectivity index (χ0) is 16.5. The molecule has 1 fully saturated rings. The van der Waals surface area contributed by atoms with Gasteiger partial charge in [-0.1, -0.05) is 30.3 Å². The third-order valence-corrected chi connectivity index (χ3v) is 4.33. The third-order valence-electron chi connectivity index (χ3n) is 4.33. The van der Waals surface area contributed by atoms with Gasteiger partial charge in [0.05, 0.1) is 6.42 Å². The van der Waals surface area contributed by atoms with E-state index in [-0.39, 0.29) is 24.3 Å². The number of carbonyl (C=O) groups excluding carboxylic acids is 2. The highest BCUT2D eigenvalue weighted by Crippen LogP contribution is 2.13. The predicted octanol–water partition coefficient (Wildman–Crippen LogP) is 1.36. The van der Waals surface area contributed by atoms with E-state index >= 15 is 0 Å². The number of aliphatic hydroxyl groups excluding tert-OH is 1. The summed E-state index contributed by atoms with van der Waals surface area (Å²) in [6.45, 7) is 1.84. The van der Waals surface area contributed by atoms with Gasteiger partial charge >= 0.3 is 0 Å². The lowest BCUT2D eigenvalue weighted by Crippen LogP contribution is -2.36. The minimum Gasteiger partial charge on any atom is -0.396 e. The minimum absolute atomic E-state index is 0.0268. The van der Waals surface area contributed by atoms with Crippen molar-refractivity contribution in [1.82, 2.24) is 10.2 Å². The number of nitrogens with zero attached hydrogens (tertiary/aromatic N) is 1. The van der Waals surface area contributed by atoms with Crippen molar-refractivity contribution in [1.29, 1.82) is 0 Å². The van der Waals surface area contributed by atoms with Crippen molar-refractivity contribution in [2.24, 2.45) is 5.92 Å². The van der Waals surface area contributed by atoms with Gasteiger partial charge in [0.2, 0.25) is 11.8 Å². The van der Waals surface area contributed by atoms with Crippen molar-refractivity contribution >= 4 is 11.8 Å². The number of hydrogen-bond donors (Lipinski definition) is 2. The molecule has 2 rings (SSSR count). The molecule has 5 heteroatoms. The highest BCUT2D eigenvalue weighted by molar-refractivity contribution is 5.80. The molecule has 0 radical (unpaired) electrons. The van der Waals surface area contributed by atoms with Gasteiger partial charge in [0.25, 0.3) is 0 Å². The first-order valence-electron chi connectivity index (χ1n) is 8.38. The van der Waals surface area contributed by atoms with Gasteiger partial charge in [-0.2, -0.15) is 0 Å². The molecule has 0 aliphatic carbocycles. The van der Waals surface area contributed by atoms with E-state index in [2.05, 4.69) is 5.32 Å². The summed E-state index contributed by atoms with van der Waals surface area (Å²) < 4.78 is 0. The number of rotatable bonds is 3. The topological polar surface area (TPSA) is 69.6 Å². The molecule has 2 amide bonds. The van der Waals surface area contributed by atoms with E-state index in [0.29, 0.717) is 32.5 Å². The van der Waals surface area contributed by atoms with Gasteiger partial charge in [0.15, 0.2) is 0 Å². The molecule has 1 unspecified atom stereocenters. The zero-order valence-corrected chi connectivity index (χ0v) is 13.5. The van der Waals surface area contributed by atoms with Crippen molar-refractivity contribution in [3.8, 4) is 0 Å². The number of hydrogen-bond acceptors (Lipinski definition) is 3. The second kappa shape index (κ2) is 9.30. The lowest BCUT2D eigenvalue weighted by Gasteiger charge is -2.23. The first-order chi connectivity index (χ1) is 11.2. The van der Waals surface area contributed by atoms with Crippen LogP contribution in [0.5, 0.6) is 0 Å². The van der Waals surface area contributed by atoms with E-state index in [0.717, 1.165) is 24.8 Å². The fourth-order valence-corrected chi connectivity index (χ4v) is 2.88. The lowest BCUT2D eigenvalue weighted by molar-refractivity contribution is -0.131. The fraction of sp³-hybridized carbons (Fsp3) is 0.556. The van der Waals surface area contributed by atoms with Crippen LogP contribution in [0.2, 0.25) is 0 Å². The first kappa shape index (κ1) is 17.5. The second-order valence-corrected chi connectivity index (χ2v) is 6.12. The molecule has 23 heavy (non-hydrogen) atoms. The zero-order valence-electron chi connectivity index (χ0n) is 13.5. The van der Waals surface area contributed by atoms with Gasteiger partial charge in [0, 0.05) is 32.7 Å². The molecular weight excluding hydrogens is 292 g/mol. The van der Waals surface area contributed by atoms with Gasteiger partial charge in [-0.05, 0) is 30.7 Å². The number of benzene rings is 1. The molecule has 0 saturated carbocycles. The molecule has 126 valence electrons. The van der Waals surface area contributed by atoms with E-state index in [1.54, 1.807) is 4.90 Å². The van der Waals surface area contributed by atoms with Crippen LogP contribution < -0.4 is 5.32 Å². The average Bonchev–Trinajstić information content (AvgIpc) is 2.60. The Balaban J connectivity index is 1.96. The highest BCUT2D eigenvalue weighted by atomic mass is 16.3. The van der Waals surface area contributed by atoms with Crippen LogP contribution in [0.3, 0.4) is 0 Å². The molecule has 1 aliphatic heterocycles. The summed E-state index contributed by atoms with van der Waals surface area (Å²) >= 11 is 0. The first-order valence-corrected chi connectivity index (χ1v) is 8.38. The lowest BCUT2D eigenvalue weighted by atomic mass is 10.0. The molecule has 1 atom stereocenters. The minimum atomic E-state index is -0.0268. The van der Waals surface area contributed by atoms with Crippen molar-refractivity contribution in [3.63, 3.8) is 0 Å². The van der Waals surface area contributed by atoms with E-state index in [1.807, 2.05) is 30.3 Å². The summed E-state index contributed by atoms with van der Waals surface area (Å²) in [5.41, 5.74) is 0.990. The molecule has 0 spiro atoms. The van der Waals surface area contributed by atoms with Crippen LogP contribution in [0.1, 0.15) is 31.2 Å². The summed E-state index contributed by atoms with van der Waals surface area (Å²) in [5, 5.41) is 12.2. The Labute approximate surface area is 137 Å². The van der Waals surface area contributed by atoms with E-state index in [4.69, 9.17) is 0 Å². The smallest absolute Gasteiger partial charge is 0.227 e. The Kier molecular flexibility index (Phi) is 7.07. The molecule has 5 nitrogen and oxygen atoms in total. The Morgan fingerprint density at radius 1 is 1.22 bits per heavy atom. The van der Waals surface area contributed by atoms with E-state index in [9.17, 15) is 14.7 Å². The summed E-state index contributed by atoms with van der Waals surface area (Å²) in [6, 6.07) is 9.67. The summed E-state index contributed by atoms with van der Waals surface area (Å²) in [5.74, 6) is 0.226. The predicted molar refractivity (Wildman–Crippen MR) is 88.8 cm³/mol. The number of aliphatic hydroxyl groups is 1. The highest BCUT2D eigenvalue weighted by Gasteiger charge is 2.18. The molecule has 0 aromatic heterocycles. The van der Waals surface area contributed by atoms with Gasteiger partial charge in [-0.25, -0.2) is 0 Å². The fourth-order valence-electron chi connectivity index (χ4n) is 2.88. The van der Waals surface area contributed by atoms with Crippen LogP contribution in [0, 0.1) is 5.92 Å². The summed E-state index contributed by atoms with van der Waals surface area (Å²) in [4.78, 5) is 26.1. The molecule has 0 bridgehead atoms. The Morgan fingerprint density at radius 2 is 2.00 bits per heavy atom. The van der Waals surface area contributed by atoms with Crippen molar-refractivity contribution in [2.75, 3.05) is 26.2 Å². The van der Waals surface area contributed by atoms with Crippen molar-refractivity contribution < 1.29 is 14.7 Å². The van der Waals surface area contributed by atoms with Gasteiger partial charge in [-0.3, -0.25) is 9.59 Å². The maximum Gasteiger partial charge on any atom is 0.227 e. The van der Waals surface area contributed by atoms with Crippen LogP contribution in [-0.2, 0) is 16.0 Å². The average molecular weight is 318 g/mol. The Hall–Kier alpha value is -1.88. The number of nitrogens with one attached hydrogen (secondary N) is 1. The van der Waals surface area contributed by atoms with Crippen LogP contribution in [0.15, 0.2) is 30.3 Å². The van der Waals surface area contributed by atoms with E-state index < -0.39 is 0 Å². The van der Waals surface area contributed by atoms with Crippen LogP contribution >= 0.6 is 0 Å². The molecule has 1 aromatic rings. The third kappa shape index (κ3) is 6.02. The van der Waals surface area contributed by atoms with E-state index in [1.165, 1.54) is 0 Å². The SMILES string of the molecule is O=C1CCN(C(=O)Cc2ccccc2)CCCC(CO)CCN1. The monoisotopic (exact) mass is 318 g/mol.